The van der Waals surface area contributed by atoms with Crippen LogP contribution in [0.1, 0.15) is 18.4 Å². The van der Waals surface area contributed by atoms with E-state index < -0.39 is 0 Å². The highest BCUT2D eigenvalue weighted by Crippen LogP contribution is 2.42. The number of halogens is 2. The van der Waals surface area contributed by atoms with Crippen molar-refractivity contribution in [3.8, 4) is 11.5 Å². The monoisotopic (exact) mass is 346 g/mol. The SMILES string of the molecule is COc1c(Cl)cc(CCCCN2CCNCC2)c(OC)c1Cl. The van der Waals surface area contributed by atoms with Crippen LogP contribution in [0, 0.1) is 0 Å². The number of nitrogens with one attached hydrogen (secondary N) is 1. The van der Waals surface area contributed by atoms with Gasteiger partial charge in [-0.25, -0.2) is 0 Å². The number of hydrogen-bond acceptors (Lipinski definition) is 4. The van der Waals surface area contributed by atoms with Crippen molar-refractivity contribution in [3.05, 3.63) is 21.7 Å². The van der Waals surface area contributed by atoms with Crippen LogP contribution < -0.4 is 14.8 Å². The van der Waals surface area contributed by atoms with Crippen molar-refractivity contribution in [1.29, 1.82) is 0 Å². The lowest BCUT2D eigenvalue weighted by Gasteiger charge is -2.27. The van der Waals surface area contributed by atoms with E-state index in [1.807, 2.05) is 6.07 Å². The van der Waals surface area contributed by atoms with Gasteiger partial charge in [-0.1, -0.05) is 23.2 Å². The van der Waals surface area contributed by atoms with Gasteiger partial charge in [0.15, 0.2) is 5.75 Å². The Labute approximate surface area is 142 Å². The molecule has 0 aromatic heterocycles. The first-order valence-electron chi connectivity index (χ1n) is 7.69. The summed E-state index contributed by atoms with van der Waals surface area (Å²) in [5, 5.41) is 4.36. The summed E-state index contributed by atoms with van der Waals surface area (Å²) < 4.78 is 10.7. The van der Waals surface area contributed by atoms with E-state index in [1.54, 1.807) is 14.2 Å². The van der Waals surface area contributed by atoms with E-state index in [2.05, 4.69) is 10.2 Å². The lowest BCUT2D eigenvalue weighted by atomic mass is 10.1. The molecule has 1 fully saturated rings. The molecule has 0 spiro atoms. The van der Waals surface area contributed by atoms with E-state index in [4.69, 9.17) is 32.7 Å². The molecule has 2 rings (SSSR count). The maximum Gasteiger partial charge on any atom is 0.159 e. The molecule has 1 aromatic rings. The molecule has 0 saturated carbocycles. The molecule has 1 heterocycles. The van der Waals surface area contributed by atoms with Crippen LogP contribution in [-0.2, 0) is 6.42 Å². The van der Waals surface area contributed by atoms with E-state index in [0.29, 0.717) is 21.5 Å². The summed E-state index contributed by atoms with van der Waals surface area (Å²) in [7, 11) is 3.18. The van der Waals surface area contributed by atoms with E-state index in [1.165, 1.54) is 0 Å². The molecule has 124 valence electrons. The average molecular weight is 347 g/mol. The van der Waals surface area contributed by atoms with Crippen molar-refractivity contribution < 1.29 is 9.47 Å². The van der Waals surface area contributed by atoms with Crippen LogP contribution in [0.3, 0.4) is 0 Å². The second kappa shape index (κ2) is 8.82. The predicted molar refractivity (Wildman–Crippen MR) is 91.8 cm³/mol. The minimum Gasteiger partial charge on any atom is -0.495 e. The van der Waals surface area contributed by atoms with Crippen LogP contribution >= 0.6 is 23.2 Å². The van der Waals surface area contributed by atoms with Gasteiger partial charge in [-0.05, 0) is 37.4 Å². The summed E-state index contributed by atoms with van der Waals surface area (Å²) >= 11 is 12.5. The molecular formula is C16H24Cl2N2O2. The largest absolute Gasteiger partial charge is 0.495 e. The van der Waals surface area contributed by atoms with Crippen LogP contribution in [-0.4, -0.2) is 51.8 Å². The summed E-state index contributed by atoms with van der Waals surface area (Å²) in [5.41, 5.74) is 1.04. The maximum atomic E-state index is 6.30. The third kappa shape index (κ3) is 4.42. The van der Waals surface area contributed by atoms with Crippen molar-refractivity contribution in [2.75, 3.05) is 46.9 Å². The second-order valence-electron chi connectivity index (χ2n) is 5.45. The van der Waals surface area contributed by atoms with E-state index in [-0.39, 0.29) is 0 Å². The summed E-state index contributed by atoms with van der Waals surface area (Å²) in [6.07, 6.45) is 3.14. The number of benzene rings is 1. The Morgan fingerprint density at radius 1 is 1.09 bits per heavy atom. The summed E-state index contributed by atoms with van der Waals surface area (Å²) in [6, 6.07) is 1.90. The van der Waals surface area contributed by atoms with Gasteiger partial charge in [0.05, 0.1) is 19.2 Å². The number of nitrogens with zero attached hydrogens (tertiary/aromatic N) is 1. The molecule has 0 atom stereocenters. The van der Waals surface area contributed by atoms with E-state index >= 15 is 0 Å². The summed E-state index contributed by atoms with van der Waals surface area (Å²) in [6.45, 7) is 5.61. The first-order valence-corrected chi connectivity index (χ1v) is 8.45. The average Bonchev–Trinajstić information content (AvgIpc) is 2.53. The van der Waals surface area contributed by atoms with E-state index in [9.17, 15) is 0 Å². The van der Waals surface area contributed by atoms with Crippen LogP contribution in [0.5, 0.6) is 11.5 Å². The number of ether oxygens (including phenoxy) is 2. The van der Waals surface area contributed by atoms with Crippen molar-refractivity contribution in [2.45, 2.75) is 19.3 Å². The summed E-state index contributed by atoms with van der Waals surface area (Å²) in [4.78, 5) is 2.50. The zero-order valence-electron chi connectivity index (χ0n) is 13.3. The molecule has 0 bridgehead atoms. The van der Waals surface area contributed by atoms with Gasteiger partial charge in [0.25, 0.3) is 0 Å². The number of aryl methyl sites for hydroxylation is 1. The number of hydrogen-bond donors (Lipinski definition) is 1. The predicted octanol–water partition coefficient (Wildman–Crippen LogP) is 3.24. The standard InChI is InChI=1S/C16H24Cl2N2O2/c1-21-15-12(11-13(17)16(22-2)14(15)18)5-3-4-8-20-9-6-19-7-10-20/h11,19H,3-10H2,1-2H3. The third-order valence-electron chi connectivity index (χ3n) is 4.00. The molecule has 1 N–H and O–H groups in total. The van der Waals surface area contributed by atoms with Crippen LogP contribution in [0.15, 0.2) is 6.07 Å². The number of rotatable bonds is 7. The van der Waals surface area contributed by atoms with Gasteiger partial charge < -0.3 is 19.7 Å². The van der Waals surface area contributed by atoms with Gasteiger partial charge in [0.2, 0.25) is 0 Å². The van der Waals surface area contributed by atoms with Gasteiger partial charge in [0, 0.05) is 26.2 Å². The van der Waals surface area contributed by atoms with Crippen LogP contribution in [0.4, 0.5) is 0 Å². The van der Waals surface area contributed by atoms with Crippen LogP contribution in [0.25, 0.3) is 0 Å². The highest BCUT2D eigenvalue weighted by atomic mass is 35.5. The van der Waals surface area contributed by atoms with Crippen molar-refractivity contribution in [3.63, 3.8) is 0 Å². The second-order valence-corrected chi connectivity index (χ2v) is 6.23. The molecule has 1 aliphatic heterocycles. The highest BCUT2D eigenvalue weighted by Gasteiger charge is 2.17. The molecule has 22 heavy (non-hydrogen) atoms. The molecule has 1 aromatic carbocycles. The molecule has 1 saturated heterocycles. The fourth-order valence-corrected chi connectivity index (χ4v) is 3.54. The van der Waals surface area contributed by atoms with Gasteiger partial charge in [0.1, 0.15) is 10.8 Å². The Hall–Kier alpha value is -0.680. The summed E-state index contributed by atoms with van der Waals surface area (Å²) in [5.74, 6) is 1.15. The normalized spacial score (nSPS) is 15.8. The highest BCUT2D eigenvalue weighted by molar-refractivity contribution is 6.38. The molecule has 4 nitrogen and oxygen atoms in total. The quantitative estimate of drug-likeness (QED) is 0.768. The smallest absolute Gasteiger partial charge is 0.159 e. The number of piperazine rings is 1. The molecule has 1 aliphatic rings. The van der Waals surface area contributed by atoms with Gasteiger partial charge in [-0.2, -0.15) is 0 Å². The first kappa shape index (κ1) is 17.7. The van der Waals surface area contributed by atoms with Gasteiger partial charge >= 0.3 is 0 Å². The Kier molecular flexibility index (Phi) is 7.09. The van der Waals surface area contributed by atoms with Gasteiger partial charge in [-0.3, -0.25) is 0 Å². The third-order valence-corrected chi connectivity index (χ3v) is 4.62. The van der Waals surface area contributed by atoms with Crippen LogP contribution in [0.2, 0.25) is 10.0 Å². The topological polar surface area (TPSA) is 33.7 Å². The minimum absolute atomic E-state index is 0.453. The maximum absolute atomic E-state index is 6.30. The van der Waals surface area contributed by atoms with Crippen molar-refractivity contribution >= 4 is 23.2 Å². The van der Waals surface area contributed by atoms with Crippen molar-refractivity contribution in [1.82, 2.24) is 10.2 Å². The molecular weight excluding hydrogens is 323 g/mol. The first-order chi connectivity index (χ1) is 10.7. The Morgan fingerprint density at radius 3 is 2.41 bits per heavy atom. The van der Waals surface area contributed by atoms with Gasteiger partial charge in [-0.15, -0.1) is 0 Å². The number of methoxy groups -OCH3 is 2. The molecule has 0 aliphatic carbocycles. The van der Waals surface area contributed by atoms with E-state index in [0.717, 1.165) is 57.5 Å². The Balaban J connectivity index is 1.91. The lowest BCUT2D eigenvalue weighted by molar-refractivity contribution is 0.236. The molecule has 0 radical (unpaired) electrons. The van der Waals surface area contributed by atoms with Crippen molar-refractivity contribution in [2.24, 2.45) is 0 Å². The Bertz CT molecular complexity index is 492. The molecule has 6 heteroatoms. The molecule has 0 amide bonds. The number of unbranched alkanes of at least 4 members (excludes halogenated alkanes) is 1. The zero-order chi connectivity index (χ0) is 15.9. The Morgan fingerprint density at radius 2 is 1.77 bits per heavy atom. The zero-order valence-corrected chi connectivity index (χ0v) is 14.8. The minimum atomic E-state index is 0.453. The fraction of sp³-hybridized carbons (Fsp3) is 0.625. The fourth-order valence-electron chi connectivity index (χ4n) is 2.81. The molecule has 0 unspecified atom stereocenters. The lowest BCUT2D eigenvalue weighted by Crippen LogP contribution is -2.43.